The average molecular weight is 443 g/mol. The van der Waals surface area contributed by atoms with Crippen LogP contribution in [0.15, 0.2) is 48.8 Å². The number of hydrogen-bond acceptors (Lipinski definition) is 4. The third kappa shape index (κ3) is 6.28. The standard InChI is InChI=1S/C24H30N4O2.ClH/c29-23-15-21(18-28(23)16-19-9-11-25-12-10-19)24(30)26-22-8-4-3-7-20(22)17-27-13-5-1-2-6-14-27;/h3-4,7-12,21H,1-2,5-6,13-18H2,(H,26,30);1H. The van der Waals surface area contributed by atoms with Crippen LogP contribution in [0.5, 0.6) is 0 Å². The molecule has 6 nitrogen and oxygen atoms in total. The van der Waals surface area contributed by atoms with Crippen LogP contribution in [-0.2, 0) is 22.7 Å². The summed E-state index contributed by atoms with van der Waals surface area (Å²) in [5.74, 6) is -0.348. The number of amides is 2. The van der Waals surface area contributed by atoms with E-state index in [-0.39, 0.29) is 36.6 Å². The van der Waals surface area contributed by atoms with E-state index in [9.17, 15) is 9.59 Å². The molecule has 1 aromatic heterocycles. The highest BCUT2D eigenvalue weighted by Gasteiger charge is 2.34. The predicted octanol–water partition coefficient (Wildman–Crippen LogP) is 3.87. The number of hydrogen-bond donors (Lipinski definition) is 1. The zero-order valence-corrected chi connectivity index (χ0v) is 18.7. The maximum absolute atomic E-state index is 12.9. The largest absolute Gasteiger partial charge is 0.338 e. The van der Waals surface area contributed by atoms with Crippen molar-refractivity contribution in [2.45, 2.75) is 45.2 Å². The quantitative estimate of drug-likeness (QED) is 0.737. The third-order valence-electron chi connectivity index (χ3n) is 6.08. The van der Waals surface area contributed by atoms with Crippen molar-refractivity contribution < 1.29 is 9.59 Å². The molecule has 4 rings (SSSR count). The SMILES string of the molecule is Cl.O=C(Nc1ccccc1CN1CCCCCC1)C1CC(=O)N(Cc2ccncc2)C1. The molecule has 3 heterocycles. The number of likely N-dealkylation sites (tertiary alicyclic amines) is 2. The van der Waals surface area contributed by atoms with E-state index in [0.29, 0.717) is 13.1 Å². The van der Waals surface area contributed by atoms with Gasteiger partial charge in [-0.15, -0.1) is 12.4 Å². The monoisotopic (exact) mass is 442 g/mol. The number of nitrogens with one attached hydrogen (secondary N) is 1. The molecule has 0 aliphatic carbocycles. The van der Waals surface area contributed by atoms with Crippen molar-refractivity contribution in [1.82, 2.24) is 14.8 Å². The van der Waals surface area contributed by atoms with Gasteiger partial charge in [0.25, 0.3) is 0 Å². The summed E-state index contributed by atoms with van der Waals surface area (Å²) in [6, 6.07) is 11.8. The number of pyridine rings is 1. The number of halogens is 1. The predicted molar refractivity (Wildman–Crippen MR) is 124 cm³/mol. The van der Waals surface area contributed by atoms with Crippen molar-refractivity contribution in [3.8, 4) is 0 Å². The average Bonchev–Trinajstić information content (AvgIpc) is 2.95. The molecule has 166 valence electrons. The number of nitrogens with zero attached hydrogens (tertiary/aromatic N) is 3. The zero-order valence-electron chi connectivity index (χ0n) is 17.8. The fraction of sp³-hybridized carbons (Fsp3) is 0.458. The number of aromatic nitrogens is 1. The molecule has 2 aliphatic heterocycles. The van der Waals surface area contributed by atoms with Gasteiger partial charge in [0.05, 0.1) is 5.92 Å². The minimum Gasteiger partial charge on any atom is -0.338 e. The highest BCUT2D eigenvalue weighted by molar-refractivity contribution is 5.97. The van der Waals surface area contributed by atoms with Gasteiger partial charge in [-0.3, -0.25) is 19.5 Å². The lowest BCUT2D eigenvalue weighted by atomic mass is 10.1. The molecule has 2 saturated heterocycles. The Balaban J connectivity index is 0.00000272. The van der Waals surface area contributed by atoms with E-state index in [1.807, 2.05) is 30.3 Å². The van der Waals surface area contributed by atoms with Gasteiger partial charge in [-0.1, -0.05) is 31.0 Å². The molecule has 0 spiro atoms. The molecule has 0 radical (unpaired) electrons. The molecule has 1 aromatic carbocycles. The Bertz CT molecular complexity index is 869. The first-order chi connectivity index (χ1) is 14.7. The number of carbonyl (C=O) groups is 2. The van der Waals surface area contributed by atoms with Crippen LogP contribution in [0.3, 0.4) is 0 Å². The summed E-state index contributed by atoms with van der Waals surface area (Å²) in [6.45, 7) is 4.07. The maximum Gasteiger partial charge on any atom is 0.229 e. The molecule has 0 bridgehead atoms. The second-order valence-corrected chi connectivity index (χ2v) is 8.37. The van der Waals surface area contributed by atoms with Gasteiger partial charge in [-0.05, 0) is 55.3 Å². The molecule has 1 atom stereocenters. The highest BCUT2D eigenvalue weighted by Crippen LogP contribution is 2.24. The number of carbonyl (C=O) groups excluding carboxylic acids is 2. The van der Waals surface area contributed by atoms with Crippen LogP contribution >= 0.6 is 12.4 Å². The molecular formula is C24H31ClN4O2. The van der Waals surface area contributed by atoms with Gasteiger partial charge in [0.2, 0.25) is 11.8 Å². The summed E-state index contributed by atoms with van der Waals surface area (Å²) >= 11 is 0. The van der Waals surface area contributed by atoms with Gasteiger partial charge in [0, 0.05) is 44.1 Å². The number of benzene rings is 1. The zero-order chi connectivity index (χ0) is 20.8. The molecule has 1 N–H and O–H groups in total. The number of anilines is 1. The van der Waals surface area contributed by atoms with E-state index in [2.05, 4.69) is 21.3 Å². The van der Waals surface area contributed by atoms with Crippen molar-refractivity contribution in [2.24, 2.45) is 5.92 Å². The highest BCUT2D eigenvalue weighted by atomic mass is 35.5. The van der Waals surface area contributed by atoms with Crippen molar-refractivity contribution in [3.63, 3.8) is 0 Å². The van der Waals surface area contributed by atoms with Gasteiger partial charge in [0.15, 0.2) is 0 Å². The van der Waals surface area contributed by atoms with Crippen molar-refractivity contribution in [2.75, 3.05) is 25.0 Å². The summed E-state index contributed by atoms with van der Waals surface area (Å²) in [4.78, 5) is 33.6. The molecule has 2 amide bonds. The van der Waals surface area contributed by atoms with Crippen LogP contribution in [0.4, 0.5) is 5.69 Å². The summed E-state index contributed by atoms with van der Waals surface area (Å²) in [5.41, 5.74) is 3.04. The molecule has 7 heteroatoms. The first-order valence-electron chi connectivity index (χ1n) is 11.0. The second-order valence-electron chi connectivity index (χ2n) is 8.37. The number of para-hydroxylation sites is 1. The minimum atomic E-state index is -0.314. The van der Waals surface area contributed by atoms with E-state index in [4.69, 9.17) is 0 Å². The fourth-order valence-corrected chi connectivity index (χ4v) is 4.36. The lowest BCUT2D eigenvalue weighted by Gasteiger charge is -2.22. The summed E-state index contributed by atoms with van der Waals surface area (Å²) in [7, 11) is 0. The normalized spacial score (nSPS) is 19.5. The molecule has 2 aromatic rings. The molecule has 31 heavy (non-hydrogen) atoms. The lowest BCUT2D eigenvalue weighted by molar-refractivity contribution is -0.128. The van der Waals surface area contributed by atoms with Gasteiger partial charge in [-0.2, -0.15) is 0 Å². The van der Waals surface area contributed by atoms with Crippen LogP contribution in [0.1, 0.15) is 43.2 Å². The van der Waals surface area contributed by atoms with Gasteiger partial charge in [0.1, 0.15) is 0 Å². The first-order valence-corrected chi connectivity index (χ1v) is 11.0. The third-order valence-corrected chi connectivity index (χ3v) is 6.08. The summed E-state index contributed by atoms with van der Waals surface area (Å²) < 4.78 is 0. The van der Waals surface area contributed by atoms with Crippen LogP contribution in [-0.4, -0.2) is 46.2 Å². The van der Waals surface area contributed by atoms with E-state index >= 15 is 0 Å². The molecule has 2 aliphatic rings. The van der Waals surface area contributed by atoms with E-state index in [1.54, 1.807) is 17.3 Å². The van der Waals surface area contributed by atoms with Gasteiger partial charge >= 0.3 is 0 Å². The lowest BCUT2D eigenvalue weighted by Crippen LogP contribution is -2.29. The summed E-state index contributed by atoms with van der Waals surface area (Å²) in [6.07, 6.45) is 8.81. The first kappa shape index (κ1) is 23.2. The Morgan fingerprint density at radius 2 is 1.71 bits per heavy atom. The molecular weight excluding hydrogens is 412 g/mol. The smallest absolute Gasteiger partial charge is 0.229 e. The fourth-order valence-electron chi connectivity index (χ4n) is 4.36. The van der Waals surface area contributed by atoms with Gasteiger partial charge < -0.3 is 10.2 Å². The van der Waals surface area contributed by atoms with E-state index < -0.39 is 0 Å². The Labute approximate surface area is 190 Å². The topological polar surface area (TPSA) is 65.5 Å². The minimum absolute atomic E-state index is 0. The van der Waals surface area contributed by atoms with Crippen molar-refractivity contribution in [3.05, 3.63) is 59.9 Å². The Hall–Kier alpha value is -2.44. The maximum atomic E-state index is 12.9. The Kier molecular flexibility index (Phi) is 8.43. The Morgan fingerprint density at radius 3 is 2.45 bits per heavy atom. The second kappa shape index (κ2) is 11.3. The molecule has 2 fully saturated rings. The molecule has 0 saturated carbocycles. The van der Waals surface area contributed by atoms with E-state index in [0.717, 1.165) is 36.4 Å². The van der Waals surface area contributed by atoms with Crippen molar-refractivity contribution in [1.29, 1.82) is 0 Å². The van der Waals surface area contributed by atoms with Crippen LogP contribution < -0.4 is 5.32 Å². The van der Waals surface area contributed by atoms with Crippen LogP contribution in [0, 0.1) is 5.92 Å². The van der Waals surface area contributed by atoms with Crippen molar-refractivity contribution >= 4 is 29.9 Å². The van der Waals surface area contributed by atoms with Crippen LogP contribution in [0.2, 0.25) is 0 Å². The number of rotatable bonds is 6. The van der Waals surface area contributed by atoms with Crippen LogP contribution in [0.25, 0.3) is 0 Å². The van der Waals surface area contributed by atoms with E-state index in [1.165, 1.54) is 25.7 Å². The van der Waals surface area contributed by atoms with Gasteiger partial charge in [-0.25, -0.2) is 0 Å². The molecule has 1 unspecified atom stereocenters. The summed E-state index contributed by atoms with van der Waals surface area (Å²) in [5, 5.41) is 3.11. The Morgan fingerprint density at radius 1 is 1.00 bits per heavy atom.